The van der Waals surface area contributed by atoms with Gasteiger partial charge >= 0.3 is 0 Å². The fourth-order valence-electron chi connectivity index (χ4n) is 8.02. The van der Waals surface area contributed by atoms with Gasteiger partial charge in [-0.15, -0.1) is 0 Å². The molecule has 0 atom stereocenters. The van der Waals surface area contributed by atoms with Crippen LogP contribution in [0.3, 0.4) is 0 Å². The third-order valence-corrected chi connectivity index (χ3v) is 10.4. The topological polar surface area (TPSA) is 78.4 Å². The molecule has 0 saturated carbocycles. The number of hydrogen-bond acceptors (Lipinski definition) is 5. The zero-order valence-corrected chi connectivity index (χ0v) is 28.6. The molecule has 0 amide bonds. The Balaban J connectivity index is 1.20. The van der Waals surface area contributed by atoms with Gasteiger partial charge in [-0.1, -0.05) is 78.9 Å². The summed E-state index contributed by atoms with van der Waals surface area (Å²) in [5.41, 5.74) is 9.17. The quantitative estimate of drug-likeness (QED) is 0.196. The van der Waals surface area contributed by atoms with E-state index in [2.05, 4.69) is 157 Å². The van der Waals surface area contributed by atoms with Crippen LogP contribution in [0, 0.1) is 0 Å². The van der Waals surface area contributed by atoms with Gasteiger partial charge in [-0.05, 0) is 72.8 Å². The molecule has 5 aromatic heterocycles. The van der Waals surface area contributed by atoms with E-state index in [0.29, 0.717) is 23.4 Å². The first-order valence-corrected chi connectivity index (χ1v) is 17.7. The van der Waals surface area contributed by atoms with E-state index in [1.807, 2.05) is 25.2 Å². The van der Waals surface area contributed by atoms with Crippen LogP contribution in [0.4, 0.5) is 5.69 Å². The summed E-state index contributed by atoms with van der Waals surface area (Å²) in [5.74, 6) is 1.53. The van der Waals surface area contributed by atoms with Crippen LogP contribution in [0.5, 0.6) is 0 Å². The molecular weight excluding hydrogens is 653 g/mol. The van der Waals surface area contributed by atoms with E-state index < -0.39 is 0 Å². The molecule has 11 aromatic rings. The SMILES string of the molecule is CNc1ccc2c(c1)c1ccccc1n2-c1nc(-c2ccccn2)nc(-n2c3ccccc3c3cc(-n4c5ccccc5c5ccccc54)ccc32)n1. The van der Waals surface area contributed by atoms with E-state index in [4.69, 9.17) is 15.0 Å². The zero-order chi connectivity index (χ0) is 35.0. The molecule has 0 unspecified atom stereocenters. The first-order chi connectivity index (χ1) is 26.2. The van der Waals surface area contributed by atoms with Gasteiger partial charge in [-0.25, -0.2) is 0 Å². The number of rotatable bonds is 5. The Bertz CT molecular complexity index is 3170. The van der Waals surface area contributed by atoms with Crippen LogP contribution < -0.4 is 5.32 Å². The average Bonchev–Trinajstić information content (AvgIpc) is 3.86. The normalized spacial score (nSPS) is 11.9. The van der Waals surface area contributed by atoms with Crippen LogP contribution in [-0.2, 0) is 0 Å². The summed E-state index contributed by atoms with van der Waals surface area (Å²) in [5, 5.41) is 10.2. The van der Waals surface area contributed by atoms with E-state index in [1.165, 1.54) is 21.8 Å². The van der Waals surface area contributed by atoms with Crippen molar-refractivity contribution >= 4 is 71.1 Å². The van der Waals surface area contributed by atoms with Gasteiger partial charge in [0.1, 0.15) is 5.69 Å². The number of aromatic nitrogens is 7. The van der Waals surface area contributed by atoms with Gasteiger partial charge in [0, 0.05) is 56.9 Å². The van der Waals surface area contributed by atoms with Gasteiger partial charge in [0.15, 0.2) is 5.82 Å². The summed E-state index contributed by atoms with van der Waals surface area (Å²) in [7, 11) is 1.94. The lowest BCUT2D eigenvalue weighted by Gasteiger charge is -2.13. The van der Waals surface area contributed by atoms with E-state index in [1.54, 1.807) is 6.20 Å². The molecule has 0 aliphatic rings. The van der Waals surface area contributed by atoms with Crippen molar-refractivity contribution in [3.63, 3.8) is 0 Å². The lowest BCUT2D eigenvalue weighted by molar-refractivity contribution is 0.889. The molecular formula is C45H30N8. The lowest BCUT2D eigenvalue weighted by atomic mass is 10.1. The number of nitrogens with zero attached hydrogens (tertiary/aromatic N) is 7. The highest BCUT2D eigenvalue weighted by Crippen LogP contribution is 2.38. The van der Waals surface area contributed by atoms with Gasteiger partial charge in [0.05, 0.1) is 33.1 Å². The Kier molecular flexibility index (Phi) is 6.30. The lowest BCUT2D eigenvalue weighted by Crippen LogP contribution is -2.10. The van der Waals surface area contributed by atoms with Gasteiger partial charge in [0.25, 0.3) is 0 Å². The van der Waals surface area contributed by atoms with Gasteiger partial charge < -0.3 is 9.88 Å². The van der Waals surface area contributed by atoms with E-state index >= 15 is 0 Å². The molecule has 11 rings (SSSR count). The molecule has 0 aliphatic carbocycles. The molecule has 53 heavy (non-hydrogen) atoms. The Morgan fingerprint density at radius 3 is 1.43 bits per heavy atom. The van der Waals surface area contributed by atoms with Crippen LogP contribution in [0.15, 0.2) is 158 Å². The molecule has 0 radical (unpaired) electrons. The van der Waals surface area contributed by atoms with Crippen molar-refractivity contribution in [1.82, 2.24) is 33.6 Å². The number of hydrogen-bond donors (Lipinski definition) is 1. The first kappa shape index (κ1) is 29.4. The van der Waals surface area contributed by atoms with Crippen LogP contribution in [-0.4, -0.2) is 40.7 Å². The third kappa shape index (κ3) is 4.36. The number of benzene rings is 6. The summed E-state index contributed by atoms with van der Waals surface area (Å²) >= 11 is 0. The van der Waals surface area contributed by atoms with Crippen molar-refractivity contribution in [2.45, 2.75) is 0 Å². The Labute approximate surface area is 303 Å². The van der Waals surface area contributed by atoms with Crippen molar-refractivity contribution in [2.75, 3.05) is 12.4 Å². The minimum Gasteiger partial charge on any atom is -0.388 e. The Hall–Kier alpha value is -7.32. The second-order valence-corrected chi connectivity index (χ2v) is 13.2. The standard InChI is InChI=1S/C45H30N8/c1-46-28-21-23-41-34(26-28)32-14-4-8-19-39(32)52(41)44-48-43(36-16-10-11-25-47-36)49-45(50-44)53-40-20-9-5-15-33(40)35-27-29(22-24-42(35)53)51-37-17-6-2-12-30(37)31-13-3-7-18-38(31)51/h2-27,46H,1H3. The summed E-state index contributed by atoms with van der Waals surface area (Å²) in [6.45, 7) is 0. The Morgan fingerprint density at radius 2 is 0.887 bits per heavy atom. The summed E-state index contributed by atoms with van der Waals surface area (Å²) in [6, 6.07) is 53.0. The second kappa shape index (κ2) is 11.3. The van der Waals surface area contributed by atoms with Crippen molar-refractivity contribution in [3.05, 3.63) is 158 Å². The fourth-order valence-corrected chi connectivity index (χ4v) is 8.02. The molecule has 0 spiro atoms. The van der Waals surface area contributed by atoms with Crippen molar-refractivity contribution in [3.8, 4) is 29.1 Å². The molecule has 5 heterocycles. The molecule has 250 valence electrons. The number of nitrogens with one attached hydrogen (secondary N) is 1. The Morgan fingerprint density at radius 1 is 0.415 bits per heavy atom. The monoisotopic (exact) mass is 682 g/mol. The minimum atomic E-state index is 0.496. The van der Waals surface area contributed by atoms with Crippen LogP contribution in [0.1, 0.15) is 0 Å². The smallest absolute Gasteiger partial charge is 0.240 e. The molecule has 8 nitrogen and oxygen atoms in total. The molecule has 8 heteroatoms. The molecule has 0 bridgehead atoms. The number of para-hydroxylation sites is 4. The van der Waals surface area contributed by atoms with Crippen molar-refractivity contribution < 1.29 is 0 Å². The highest BCUT2D eigenvalue weighted by Gasteiger charge is 2.22. The van der Waals surface area contributed by atoms with Crippen LogP contribution >= 0.6 is 0 Å². The van der Waals surface area contributed by atoms with Crippen LogP contribution in [0.2, 0.25) is 0 Å². The molecule has 0 fully saturated rings. The maximum Gasteiger partial charge on any atom is 0.240 e. The van der Waals surface area contributed by atoms with Crippen molar-refractivity contribution in [2.24, 2.45) is 0 Å². The highest BCUT2D eigenvalue weighted by molar-refractivity contribution is 6.12. The van der Waals surface area contributed by atoms with Crippen LogP contribution in [0.25, 0.3) is 94.5 Å². The van der Waals surface area contributed by atoms with E-state index in [9.17, 15) is 0 Å². The maximum atomic E-state index is 5.30. The second-order valence-electron chi connectivity index (χ2n) is 13.2. The predicted molar refractivity (Wildman–Crippen MR) is 216 cm³/mol. The molecule has 6 aromatic carbocycles. The average molecular weight is 683 g/mol. The zero-order valence-electron chi connectivity index (χ0n) is 28.6. The van der Waals surface area contributed by atoms with E-state index in [0.717, 1.165) is 55.0 Å². The van der Waals surface area contributed by atoms with Gasteiger partial charge in [-0.3, -0.25) is 14.1 Å². The molecule has 0 aliphatic heterocycles. The van der Waals surface area contributed by atoms with E-state index in [-0.39, 0.29) is 0 Å². The molecule has 0 saturated heterocycles. The maximum absolute atomic E-state index is 5.30. The number of fused-ring (bicyclic) bond motifs is 9. The summed E-state index contributed by atoms with van der Waals surface area (Å²) in [4.78, 5) is 20.2. The molecule has 1 N–H and O–H groups in total. The number of anilines is 1. The predicted octanol–water partition coefficient (Wildman–Crippen LogP) is 10.3. The van der Waals surface area contributed by atoms with Gasteiger partial charge in [-0.2, -0.15) is 15.0 Å². The first-order valence-electron chi connectivity index (χ1n) is 17.7. The van der Waals surface area contributed by atoms with Crippen molar-refractivity contribution in [1.29, 1.82) is 0 Å². The third-order valence-electron chi connectivity index (χ3n) is 10.4. The minimum absolute atomic E-state index is 0.496. The fraction of sp³-hybridized carbons (Fsp3) is 0.0222. The highest BCUT2D eigenvalue weighted by atomic mass is 15.3. The van der Waals surface area contributed by atoms with Gasteiger partial charge in [0.2, 0.25) is 11.9 Å². The number of pyridine rings is 1. The largest absolute Gasteiger partial charge is 0.388 e. The summed E-state index contributed by atoms with van der Waals surface area (Å²) < 4.78 is 6.65. The summed E-state index contributed by atoms with van der Waals surface area (Å²) in [6.07, 6.45) is 1.77.